The van der Waals surface area contributed by atoms with E-state index in [1.54, 1.807) is 19.2 Å². The van der Waals surface area contributed by atoms with Crippen LogP contribution < -0.4 is 14.2 Å². The van der Waals surface area contributed by atoms with Gasteiger partial charge in [0, 0.05) is 29.5 Å². The monoisotopic (exact) mass is 565 g/mol. The van der Waals surface area contributed by atoms with E-state index in [2.05, 4.69) is 37.0 Å². The number of aryl methyl sites for hydroxylation is 2. The molecular formula is C31H35NO7S. The van der Waals surface area contributed by atoms with Crippen molar-refractivity contribution < 1.29 is 32.5 Å². The van der Waals surface area contributed by atoms with Crippen LogP contribution in [0.4, 0.5) is 0 Å². The van der Waals surface area contributed by atoms with E-state index in [1.165, 1.54) is 16.7 Å². The van der Waals surface area contributed by atoms with Gasteiger partial charge in [0.2, 0.25) is 5.88 Å². The maximum atomic E-state index is 11.7. The summed E-state index contributed by atoms with van der Waals surface area (Å²) in [6, 6.07) is 12.1. The number of aromatic nitrogens is 1. The molecule has 0 amide bonds. The predicted molar refractivity (Wildman–Crippen MR) is 152 cm³/mol. The van der Waals surface area contributed by atoms with Crippen molar-refractivity contribution in [2.45, 2.75) is 58.5 Å². The number of sulfone groups is 1. The van der Waals surface area contributed by atoms with Gasteiger partial charge in [-0.1, -0.05) is 25.1 Å². The molecule has 1 N–H and O–H groups in total. The molecule has 5 rings (SSSR count). The quantitative estimate of drug-likeness (QED) is 0.300. The molecule has 9 heteroatoms. The van der Waals surface area contributed by atoms with Crippen molar-refractivity contribution in [1.82, 2.24) is 4.98 Å². The lowest BCUT2D eigenvalue weighted by atomic mass is 9.90. The number of fused-ring (bicyclic) bond motifs is 2. The first kappa shape index (κ1) is 28.0. The van der Waals surface area contributed by atoms with Crippen LogP contribution in [-0.2, 0) is 21.1 Å². The van der Waals surface area contributed by atoms with Crippen LogP contribution in [-0.4, -0.2) is 49.2 Å². The number of ether oxygens (including phenoxy) is 3. The molecule has 0 radical (unpaired) electrons. The number of pyridine rings is 1. The van der Waals surface area contributed by atoms with Gasteiger partial charge in [-0.15, -0.1) is 0 Å². The molecule has 0 spiro atoms. The summed E-state index contributed by atoms with van der Waals surface area (Å²) in [4.78, 5) is 15.6. The number of nitrogens with zero attached hydrogens (tertiary/aromatic N) is 1. The lowest BCUT2D eigenvalue weighted by molar-refractivity contribution is -0.137. The molecular weight excluding hydrogens is 530 g/mol. The van der Waals surface area contributed by atoms with Crippen molar-refractivity contribution in [2.75, 3.05) is 24.7 Å². The number of rotatable bonds is 11. The number of carbonyl (C=O) groups is 1. The van der Waals surface area contributed by atoms with E-state index < -0.39 is 15.8 Å². The summed E-state index contributed by atoms with van der Waals surface area (Å²) < 4.78 is 41.4. The van der Waals surface area contributed by atoms with E-state index in [4.69, 9.17) is 19.3 Å². The number of benzene rings is 2. The molecule has 212 valence electrons. The third kappa shape index (κ3) is 5.94. The van der Waals surface area contributed by atoms with Crippen LogP contribution >= 0.6 is 0 Å². The predicted octanol–water partition coefficient (Wildman–Crippen LogP) is 5.59. The standard InChI is InChI=1S/C31H35NO7S/c1-4-40(35,36)12-6-11-37-22-13-19(2)31(20(3)14-22)25-8-5-7-24-23(25)9-10-27(24)39-29-16-28-26(17-32-29)21(18-38-28)15-30(33)34/h5,7-8,13-14,16-17,21,27H,4,6,9-12,15,18H2,1-3H3,(H,33,34)/t21-,27?/m0/s1. The van der Waals surface area contributed by atoms with E-state index in [1.807, 2.05) is 12.1 Å². The van der Waals surface area contributed by atoms with Gasteiger partial charge in [0.25, 0.3) is 0 Å². The zero-order chi connectivity index (χ0) is 28.4. The largest absolute Gasteiger partial charge is 0.494 e. The lowest BCUT2D eigenvalue weighted by Gasteiger charge is -2.18. The Balaban J connectivity index is 1.31. The molecule has 1 aromatic heterocycles. The smallest absolute Gasteiger partial charge is 0.304 e. The van der Waals surface area contributed by atoms with E-state index in [-0.39, 0.29) is 29.9 Å². The van der Waals surface area contributed by atoms with Gasteiger partial charge in [-0.25, -0.2) is 13.4 Å². The highest BCUT2D eigenvalue weighted by Gasteiger charge is 2.30. The first-order valence-corrected chi connectivity index (χ1v) is 15.5. The average molecular weight is 566 g/mol. The minimum Gasteiger partial charge on any atom is -0.494 e. The second-order valence-corrected chi connectivity index (χ2v) is 13.0. The summed E-state index contributed by atoms with van der Waals surface area (Å²) in [5.74, 6) is 1.11. The highest BCUT2D eigenvalue weighted by atomic mass is 32.2. The molecule has 3 aromatic rings. The summed E-state index contributed by atoms with van der Waals surface area (Å²) in [6.07, 6.45) is 3.73. The Morgan fingerprint density at radius 3 is 2.65 bits per heavy atom. The van der Waals surface area contributed by atoms with Crippen molar-refractivity contribution in [3.63, 3.8) is 0 Å². The Morgan fingerprint density at radius 1 is 1.15 bits per heavy atom. The molecule has 1 aliphatic carbocycles. The van der Waals surface area contributed by atoms with Gasteiger partial charge in [-0.05, 0) is 78.6 Å². The van der Waals surface area contributed by atoms with Crippen LogP contribution in [0.3, 0.4) is 0 Å². The molecule has 1 aliphatic heterocycles. The molecule has 2 heterocycles. The third-order valence-corrected chi connectivity index (χ3v) is 9.52. The van der Waals surface area contributed by atoms with Gasteiger partial charge in [-0.2, -0.15) is 0 Å². The summed E-state index contributed by atoms with van der Waals surface area (Å²) in [5, 5.41) is 9.14. The van der Waals surface area contributed by atoms with Gasteiger partial charge in [0.05, 0.1) is 25.4 Å². The van der Waals surface area contributed by atoms with E-state index in [9.17, 15) is 13.2 Å². The molecule has 2 aliphatic rings. The van der Waals surface area contributed by atoms with Crippen LogP contribution in [0.15, 0.2) is 42.6 Å². The Labute approximate surface area is 235 Å². The Hall–Kier alpha value is -3.59. The van der Waals surface area contributed by atoms with E-state index in [0.29, 0.717) is 31.3 Å². The molecule has 2 aromatic carbocycles. The fraction of sp³-hybridized carbons (Fsp3) is 0.419. The van der Waals surface area contributed by atoms with Crippen molar-refractivity contribution in [2.24, 2.45) is 0 Å². The Morgan fingerprint density at radius 2 is 1.93 bits per heavy atom. The van der Waals surface area contributed by atoms with Gasteiger partial charge in [0.15, 0.2) is 0 Å². The summed E-state index contributed by atoms with van der Waals surface area (Å²) >= 11 is 0. The van der Waals surface area contributed by atoms with Gasteiger partial charge in [0.1, 0.15) is 27.4 Å². The number of aliphatic carboxylic acids is 1. The first-order valence-electron chi connectivity index (χ1n) is 13.7. The van der Waals surface area contributed by atoms with Crippen molar-refractivity contribution in [3.8, 4) is 28.5 Å². The summed E-state index contributed by atoms with van der Waals surface area (Å²) in [5.41, 5.74) is 7.77. The number of hydrogen-bond donors (Lipinski definition) is 1. The maximum absolute atomic E-state index is 11.7. The van der Waals surface area contributed by atoms with Crippen LogP contribution in [0.25, 0.3) is 11.1 Å². The van der Waals surface area contributed by atoms with Crippen LogP contribution in [0.2, 0.25) is 0 Å². The number of carboxylic acid groups (broad SMARTS) is 1. The second kappa shape index (κ2) is 11.5. The van der Waals surface area contributed by atoms with Gasteiger partial charge in [-0.3, -0.25) is 4.79 Å². The molecule has 8 nitrogen and oxygen atoms in total. The summed E-state index contributed by atoms with van der Waals surface area (Å²) in [7, 11) is -2.99. The lowest BCUT2D eigenvalue weighted by Crippen LogP contribution is -2.12. The van der Waals surface area contributed by atoms with Crippen molar-refractivity contribution in [1.29, 1.82) is 0 Å². The number of carboxylic acids is 1. The van der Waals surface area contributed by atoms with Crippen LogP contribution in [0.5, 0.6) is 17.4 Å². The topological polar surface area (TPSA) is 112 Å². The molecule has 0 fully saturated rings. The normalized spacial score (nSPS) is 17.7. The molecule has 40 heavy (non-hydrogen) atoms. The molecule has 1 unspecified atom stereocenters. The average Bonchev–Trinajstić information content (AvgIpc) is 3.50. The first-order chi connectivity index (χ1) is 19.1. The fourth-order valence-corrected chi connectivity index (χ4v) is 6.60. The van der Waals surface area contributed by atoms with Crippen molar-refractivity contribution >= 4 is 15.8 Å². The van der Waals surface area contributed by atoms with Gasteiger partial charge >= 0.3 is 5.97 Å². The summed E-state index contributed by atoms with van der Waals surface area (Å²) in [6.45, 7) is 6.51. The second-order valence-electron chi connectivity index (χ2n) is 10.6. The minimum atomic E-state index is -2.99. The van der Waals surface area contributed by atoms with Crippen LogP contribution in [0.1, 0.15) is 66.0 Å². The fourth-order valence-electron chi connectivity index (χ4n) is 5.75. The molecule has 0 saturated heterocycles. The highest BCUT2D eigenvalue weighted by Crippen LogP contribution is 2.43. The number of hydrogen-bond acceptors (Lipinski definition) is 7. The van der Waals surface area contributed by atoms with E-state index in [0.717, 1.165) is 40.8 Å². The molecule has 2 atom stereocenters. The zero-order valence-corrected chi connectivity index (χ0v) is 23.9. The maximum Gasteiger partial charge on any atom is 0.304 e. The third-order valence-electron chi connectivity index (χ3n) is 7.73. The minimum absolute atomic E-state index is 0.0168. The Bertz CT molecular complexity index is 1510. The molecule has 0 bridgehead atoms. The van der Waals surface area contributed by atoms with Crippen LogP contribution in [0, 0.1) is 13.8 Å². The zero-order valence-electron chi connectivity index (χ0n) is 23.1. The van der Waals surface area contributed by atoms with E-state index >= 15 is 0 Å². The highest BCUT2D eigenvalue weighted by molar-refractivity contribution is 7.91. The molecule has 0 saturated carbocycles. The van der Waals surface area contributed by atoms with Crippen molar-refractivity contribution in [3.05, 3.63) is 70.4 Å². The Kier molecular flexibility index (Phi) is 8.03. The van der Waals surface area contributed by atoms with Gasteiger partial charge < -0.3 is 19.3 Å². The SMILES string of the molecule is CCS(=O)(=O)CCCOc1cc(C)c(-c2cccc3c2CCC3Oc2cc3c(cn2)[C@@H](CC(=O)O)CO3)c(C)c1.